The van der Waals surface area contributed by atoms with Crippen LogP contribution in [0.3, 0.4) is 0 Å². The average molecular weight is 191 g/mol. The molecule has 0 bridgehead atoms. The van der Waals surface area contributed by atoms with E-state index in [0.717, 1.165) is 6.21 Å². The van der Waals surface area contributed by atoms with Crippen molar-refractivity contribution in [3.05, 3.63) is 16.1 Å². The summed E-state index contributed by atoms with van der Waals surface area (Å²) in [5, 5.41) is 18.3. The average Bonchev–Trinajstić information content (AvgIpc) is 2.50. The number of thiazole rings is 1. The lowest BCUT2D eigenvalue weighted by Gasteiger charge is -1.98. The van der Waals surface area contributed by atoms with E-state index in [1.807, 2.05) is 0 Å². The van der Waals surface area contributed by atoms with E-state index < -0.39 is 6.10 Å². The van der Waals surface area contributed by atoms with Gasteiger partial charge in [-0.25, -0.2) is 4.98 Å². The number of aliphatic hydroxyl groups excluding tert-OH is 1. The summed E-state index contributed by atoms with van der Waals surface area (Å²) < 4.78 is 0. The van der Waals surface area contributed by atoms with Crippen LogP contribution in [0.1, 0.15) is 16.8 Å². The lowest BCUT2D eigenvalue weighted by Crippen LogP contribution is -1.97. The summed E-state index contributed by atoms with van der Waals surface area (Å²) in [6, 6.07) is 0. The Morgan fingerprint density at radius 1 is 1.91 bits per heavy atom. The first-order chi connectivity index (χ1) is 5.27. The fraction of sp³-hybridized carbons (Fsp3) is 0.333. The van der Waals surface area contributed by atoms with Crippen LogP contribution in [0.25, 0.3) is 0 Å². The quantitative estimate of drug-likeness (QED) is 0.560. The summed E-state index contributed by atoms with van der Waals surface area (Å²) in [6.45, 7) is 0. The van der Waals surface area contributed by atoms with Gasteiger partial charge in [-0.15, -0.1) is 22.9 Å². The molecule has 1 aromatic rings. The van der Waals surface area contributed by atoms with Crippen LogP contribution in [0.2, 0.25) is 0 Å². The van der Waals surface area contributed by atoms with Crippen LogP contribution in [0.5, 0.6) is 0 Å². The minimum Gasteiger partial charge on any atom is -0.385 e. The van der Waals surface area contributed by atoms with E-state index in [4.69, 9.17) is 17.0 Å². The van der Waals surface area contributed by atoms with E-state index in [1.54, 1.807) is 5.38 Å². The lowest BCUT2D eigenvalue weighted by molar-refractivity contribution is 0.202. The van der Waals surface area contributed by atoms with Gasteiger partial charge < -0.3 is 10.5 Å². The van der Waals surface area contributed by atoms with Crippen LogP contribution in [0.4, 0.5) is 0 Å². The molecule has 11 heavy (non-hydrogen) atoms. The molecule has 0 aliphatic heterocycles. The molecule has 1 atom stereocenters. The molecule has 0 aliphatic rings. The van der Waals surface area contributed by atoms with Gasteiger partial charge in [0.15, 0.2) is 0 Å². The monoisotopic (exact) mass is 190 g/mol. The van der Waals surface area contributed by atoms with Crippen molar-refractivity contribution in [2.45, 2.75) is 6.10 Å². The van der Waals surface area contributed by atoms with Crippen molar-refractivity contribution in [3.63, 3.8) is 0 Å². The first kappa shape index (κ1) is 8.64. The molecule has 1 aromatic heterocycles. The van der Waals surface area contributed by atoms with Gasteiger partial charge in [-0.1, -0.05) is 0 Å². The molecule has 5 heteroatoms. The van der Waals surface area contributed by atoms with Gasteiger partial charge in [0, 0.05) is 11.6 Å². The van der Waals surface area contributed by atoms with Crippen LogP contribution in [-0.2, 0) is 0 Å². The number of hydrogen-bond acceptors (Lipinski definition) is 4. The third-order valence-electron chi connectivity index (χ3n) is 1.12. The molecule has 0 radical (unpaired) electrons. The van der Waals surface area contributed by atoms with Crippen LogP contribution in [0.15, 0.2) is 5.38 Å². The Hall–Kier alpha value is -0.450. The molecule has 0 aromatic carbocycles. The van der Waals surface area contributed by atoms with Crippen molar-refractivity contribution >= 4 is 29.2 Å². The number of nitrogens with one attached hydrogen (secondary N) is 1. The molecule has 0 amide bonds. The molecule has 1 rings (SSSR count). The van der Waals surface area contributed by atoms with Gasteiger partial charge in [0.1, 0.15) is 11.1 Å². The Bertz CT molecular complexity index is 250. The van der Waals surface area contributed by atoms with E-state index >= 15 is 0 Å². The number of hydrogen-bond donors (Lipinski definition) is 2. The molecule has 60 valence electrons. The van der Waals surface area contributed by atoms with Crippen molar-refractivity contribution < 1.29 is 5.11 Å². The molecule has 0 spiro atoms. The normalized spacial score (nSPS) is 12.9. The maximum Gasteiger partial charge on any atom is 0.123 e. The minimum absolute atomic E-state index is 0.144. The van der Waals surface area contributed by atoms with Gasteiger partial charge in [-0.3, -0.25) is 0 Å². The molecule has 2 N–H and O–H groups in total. The van der Waals surface area contributed by atoms with Crippen molar-refractivity contribution in [1.29, 1.82) is 5.41 Å². The highest BCUT2D eigenvalue weighted by molar-refractivity contribution is 7.09. The maximum absolute atomic E-state index is 9.18. The van der Waals surface area contributed by atoms with Gasteiger partial charge in [0.25, 0.3) is 0 Å². The van der Waals surface area contributed by atoms with E-state index in [1.165, 1.54) is 11.3 Å². The number of aliphatic hydroxyl groups is 1. The summed E-state index contributed by atoms with van der Waals surface area (Å²) in [4.78, 5) is 3.94. The van der Waals surface area contributed by atoms with E-state index in [9.17, 15) is 5.11 Å². The van der Waals surface area contributed by atoms with Crippen LogP contribution in [0, 0.1) is 5.41 Å². The molecular formula is C6H7ClN2OS. The van der Waals surface area contributed by atoms with E-state index in [0.29, 0.717) is 10.7 Å². The third-order valence-corrected chi connectivity index (χ3v) is 2.38. The molecule has 1 heterocycles. The number of aromatic nitrogens is 1. The largest absolute Gasteiger partial charge is 0.385 e. The fourth-order valence-corrected chi connectivity index (χ4v) is 1.58. The molecule has 0 saturated heterocycles. The second-order valence-corrected chi connectivity index (χ2v) is 3.12. The smallest absolute Gasteiger partial charge is 0.123 e. The molecule has 0 aliphatic carbocycles. The van der Waals surface area contributed by atoms with Gasteiger partial charge in [-0.2, -0.15) is 0 Å². The Morgan fingerprint density at radius 3 is 3.09 bits per heavy atom. The molecular weight excluding hydrogens is 184 g/mol. The molecule has 0 saturated carbocycles. The second-order valence-electron chi connectivity index (χ2n) is 1.93. The first-order valence-electron chi connectivity index (χ1n) is 2.98. The topological polar surface area (TPSA) is 57.0 Å². The van der Waals surface area contributed by atoms with Crippen molar-refractivity contribution in [2.24, 2.45) is 0 Å². The highest BCUT2D eigenvalue weighted by atomic mass is 35.5. The Balaban J connectivity index is 2.79. The lowest BCUT2D eigenvalue weighted by atomic mass is 10.4. The maximum atomic E-state index is 9.18. The van der Waals surface area contributed by atoms with Gasteiger partial charge >= 0.3 is 0 Å². The zero-order chi connectivity index (χ0) is 8.27. The summed E-state index contributed by atoms with van der Waals surface area (Å²) in [5.74, 6) is 0.144. The highest BCUT2D eigenvalue weighted by Gasteiger charge is 2.09. The summed E-state index contributed by atoms with van der Waals surface area (Å²) in [6.07, 6.45) is 0.441. The van der Waals surface area contributed by atoms with Gasteiger partial charge in [-0.05, 0) is 0 Å². The number of nitrogens with zero attached hydrogens (tertiary/aromatic N) is 1. The summed E-state index contributed by atoms with van der Waals surface area (Å²) in [7, 11) is 0. The highest BCUT2D eigenvalue weighted by Crippen LogP contribution is 2.18. The second kappa shape index (κ2) is 3.80. The SMILES string of the molecule is N=Cc1csc(C(O)CCl)n1. The van der Waals surface area contributed by atoms with E-state index in [2.05, 4.69) is 4.98 Å². The van der Waals surface area contributed by atoms with Crippen molar-refractivity contribution in [2.75, 3.05) is 5.88 Å². The zero-order valence-electron chi connectivity index (χ0n) is 5.62. The summed E-state index contributed by atoms with van der Waals surface area (Å²) >= 11 is 6.71. The predicted octanol–water partition coefficient (Wildman–Crippen LogP) is 1.41. The van der Waals surface area contributed by atoms with Crippen LogP contribution < -0.4 is 0 Å². The molecule has 1 unspecified atom stereocenters. The Morgan fingerprint density at radius 2 is 2.64 bits per heavy atom. The first-order valence-corrected chi connectivity index (χ1v) is 4.39. The number of alkyl halides is 1. The fourth-order valence-electron chi connectivity index (χ4n) is 0.586. The summed E-state index contributed by atoms with van der Waals surface area (Å²) in [5.41, 5.74) is 0.564. The standard InChI is InChI=1S/C6H7ClN2OS/c7-1-5(10)6-9-4(2-8)3-11-6/h2-3,5,8,10H,1H2. The van der Waals surface area contributed by atoms with Crippen molar-refractivity contribution in [3.8, 4) is 0 Å². The Kier molecular flexibility index (Phi) is 2.99. The van der Waals surface area contributed by atoms with Gasteiger partial charge in [0.2, 0.25) is 0 Å². The third kappa shape index (κ3) is 1.99. The minimum atomic E-state index is -0.699. The van der Waals surface area contributed by atoms with Gasteiger partial charge in [0.05, 0.1) is 11.6 Å². The van der Waals surface area contributed by atoms with Crippen molar-refractivity contribution in [1.82, 2.24) is 4.98 Å². The molecule has 0 fully saturated rings. The van der Waals surface area contributed by atoms with Crippen LogP contribution >= 0.6 is 22.9 Å². The number of rotatable bonds is 3. The van der Waals surface area contributed by atoms with E-state index in [-0.39, 0.29) is 5.88 Å². The zero-order valence-corrected chi connectivity index (χ0v) is 7.19. The Labute approximate surface area is 73.2 Å². The molecule has 3 nitrogen and oxygen atoms in total. The predicted molar refractivity (Wildman–Crippen MR) is 45.7 cm³/mol. The number of halogens is 1. The van der Waals surface area contributed by atoms with Crippen LogP contribution in [-0.4, -0.2) is 22.2 Å².